The number of pyridine rings is 1. The van der Waals surface area contributed by atoms with Gasteiger partial charge < -0.3 is 19.8 Å². The maximum Gasteiger partial charge on any atom is 0.405 e. The summed E-state index contributed by atoms with van der Waals surface area (Å²) in [5.41, 5.74) is 7.87. The standard InChI is InChI=1S/C30H30N8O4S/c1-18-17-43-26(33-18)24-10-7-11-38(24)27(39)20-12-22(21-15-32-37(3)16-21)34-23(13-20)25-35-36-28(41-25)30(2,42-29(31)40)14-19-8-5-4-6-9-19/h4-6,8-9,12-13,15-17,24H,7,10-11,14H2,1-3H3,(H2,31,40)/t24-,30-/m1/s1. The fourth-order valence-corrected chi connectivity index (χ4v) is 6.27. The van der Waals surface area contributed by atoms with Gasteiger partial charge in [-0.05, 0) is 44.4 Å². The lowest BCUT2D eigenvalue weighted by atomic mass is 9.96. The number of carbonyl (C=O) groups is 2. The summed E-state index contributed by atoms with van der Waals surface area (Å²) in [6.07, 6.45) is 4.49. The quantitative estimate of drug-likeness (QED) is 0.264. The monoisotopic (exact) mass is 598 g/mol. The Morgan fingerprint density at radius 2 is 1.95 bits per heavy atom. The van der Waals surface area contributed by atoms with E-state index >= 15 is 0 Å². The number of nitrogens with zero attached hydrogens (tertiary/aromatic N) is 7. The van der Waals surface area contributed by atoms with Crippen molar-refractivity contribution < 1.29 is 18.7 Å². The predicted molar refractivity (Wildman–Crippen MR) is 158 cm³/mol. The Hall–Kier alpha value is -4.91. The van der Waals surface area contributed by atoms with Gasteiger partial charge in [0.15, 0.2) is 5.60 Å². The van der Waals surface area contributed by atoms with Gasteiger partial charge in [-0.1, -0.05) is 30.3 Å². The number of thiazole rings is 1. The van der Waals surface area contributed by atoms with Crippen molar-refractivity contribution >= 4 is 23.3 Å². The van der Waals surface area contributed by atoms with Crippen molar-refractivity contribution in [2.45, 2.75) is 44.8 Å². The van der Waals surface area contributed by atoms with Crippen LogP contribution in [0.15, 0.2) is 64.7 Å². The van der Waals surface area contributed by atoms with E-state index in [1.165, 1.54) is 0 Å². The minimum atomic E-state index is -1.34. The molecule has 0 saturated carbocycles. The van der Waals surface area contributed by atoms with Crippen molar-refractivity contribution in [2.24, 2.45) is 12.8 Å². The molecule has 5 heterocycles. The molecule has 12 nitrogen and oxygen atoms in total. The average Bonchev–Trinajstić information content (AvgIpc) is 3.80. The second-order valence-electron chi connectivity index (χ2n) is 10.7. The van der Waals surface area contributed by atoms with Crippen LogP contribution in [-0.4, -0.2) is 53.4 Å². The Morgan fingerprint density at radius 1 is 1.16 bits per heavy atom. The number of aryl methyl sites for hydroxylation is 2. The van der Waals surface area contributed by atoms with Crippen molar-refractivity contribution in [1.82, 2.24) is 34.8 Å². The smallest absolute Gasteiger partial charge is 0.405 e. The topological polar surface area (TPSA) is 155 Å². The molecule has 2 atom stereocenters. The van der Waals surface area contributed by atoms with Crippen molar-refractivity contribution in [3.8, 4) is 22.8 Å². The predicted octanol–water partition coefficient (Wildman–Crippen LogP) is 4.83. The van der Waals surface area contributed by atoms with Gasteiger partial charge in [0.1, 0.15) is 10.7 Å². The van der Waals surface area contributed by atoms with Gasteiger partial charge in [-0.3, -0.25) is 9.48 Å². The van der Waals surface area contributed by atoms with Crippen molar-refractivity contribution in [3.05, 3.63) is 88.0 Å². The number of carbonyl (C=O) groups excluding carboxylic acids is 2. The molecule has 13 heteroatoms. The second kappa shape index (κ2) is 11.4. The van der Waals surface area contributed by atoms with Crippen LogP contribution in [0.25, 0.3) is 22.8 Å². The molecule has 2 N–H and O–H groups in total. The molecule has 5 aromatic rings. The first kappa shape index (κ1) is 28.2. The van der Waals surface area contributed by atoms with Crippen LogP contribution in [0.1, 0.15) is 58.3 Å². The molecule has 220 valence electrons. The van der Waals surface area contributed by atoms with Crippen molar-refractivity contribution in [3.63, 3.8) is 0 Å². The lowest BCUT2D eigenvalue weighted by molar-refractivity contribution is 0.00732. The number of hydrogen-bond donors (Lipinski definition) is 1. The fourth-order valence-electron chi connectivity index (χ4n) is 5.33. The fraction of sp³-hybridized carbons (Fsp3) is 0.300. The molecule has 1 aromatic carbocycles. The summed E-state index contributed by atoms with van der Waals surface area (Å²) in [6.45, 7) is 4.23. The maximum atomic E-state index is 14.0. The molecular formula is C30H30N8O4S. The zero-order chi connectivity index (χ0) is 30.1. The van der Waals surface area contributed by atoms with Crippen LogP contribution in [0.4, 0.5) is 4.79 Å². The molecule has 4 aromatic heterocycles. The molecule has 43 heavy (non-hydrogen) atoms. The lowest BCUT2D eigenvalue weighted by Crippen LogP contribution is -2.34. The van der Waals surface area contributed by atoms with Crippen LogP contribution in [-0.2, 0) is 23.8 Å². The summed E-state index contributed by atoms with van der Waals surface area (Å²) in [5.74, 6) is -0.0316. The van der Waals surface area contributed by atoms with Crippen molar-refractivity contribution in [2.75, 3.05) is 6.54 Å². The molecule has 0 aliphatic carbocycles. The Labute approximate surface area is 251 Å². The van der Waals surface area contributed by atoms with Gasteiger partial charge in [0.05, 0.1) is 17.9 Å². The van der Waals surface area contributed by atoms with Crippen LogP contribution in [0.3, 0.4) is 0 Å². The number of likely N-dealkylation sites (tertiary alicyclic amines) is 1. The molecule has 6 rings (SSSR count). The Morgan fingerprint density at radius 3 is 2.65 bits per heavy atom. The maximum absolute atomic E-state index is 14.0. The number of primary amides is 1. The Kier molecular flexibility index (Phi) is 7.48. The van der Waals surface area contributed by atoms with Crippen molar-refractivity contribution in [1.29, 1.82) is 0 Å². The van der Waals surface area contributed by atoms with Crippen LogP contribution in [0, 0.1) is 6.92 Å². The van der Waals surface area contributed by atoms with E-state index in [9.17, 15) is 9.59 Å². The van der Waals surface area contributed by atoms with E-state index in [4.69, 9.17) is 19.9 Å². The van der Waals surface area contributed by atoms with Gasteiger partial charge in [0, 0.05) is 48.4 Å². The molecule has 1 aliphatic heterocycles. The number of amides is 2. The van der Waals surface area contributed by atoms with Gasteiger partial charge in [0.25, 0.3) is 17.7 Å². The van der Waals surface area contributed by atoms with Gasteiger partial charge in [0.2, 0.25) is 0 Å². The SMILES string of the molecule is Cc1csc([C@H]2CCCN2C(=O)c2cc(-c3cnn(C)c3)nc(-c3nnc([C@@](C)(Cc4ccccc4)OC(N)=O)o3)c2)n1. The summed E-state index contributed by atoms with van der Waals surface area (Å²) < 4.78 is 13.2. The second-order valence-corrected chi connectivity index (χ2v) is 11.6. The molecule has 0 unspecified atom stereocenters. The zero-order valence-electron chi connectivity index (χ0n) is 23.9. The highest BCUT2D eigenvalue weighted by molar-refractivity contribution is 7.09. The van der Waals surface area contributed by atoms with E-state index in [-0.39, 0.29) is 30.2 Å². The number of benzene rings is 1. The molecule has 0 bridgehead atoms. The Bertz CT molecular complexity index is 1780. The van der Waals surface area contributed by atoms with Crippen LogP contribution >= 0.6 is 11.3 Å². The van der Waals surface area contributed by atoms with Gasteiger partial charge in [-0.15, -0.1) is 21.5 Å². The third-order valence-electron chi connectivity index (χ3n) is 7.32. The van der Waals surface area contributed by atoms with E-state index in [0.29, 0.717) is 23.5 Å². The molecular weight excluding hydrogens is 568 g/mol. The highest BCUT2D eigenvalue weighted by Crippen LogP contribution is 2.36. The van der Waals surface area contributed by atoms with Crippen LogP contribution in [0.2, 0.25) is 0 Å². The number of nitrogens with two attached hydrogens (primary N) is 1. The number of aromatic nitrogens is 6. The summed E-state index contributed by atoms with van der Waals surface area (Å²) in [5, 5.41) is 15.7. The average molecular weight is 599 g/mol. The molecule has 1 aliphatic rings. The normalized spacial score (nSPS) is 16.3. The van der Waals surface area contributed by atoms with E-state index in [0.717, 1.165) is 34.7 Å². The number of hydrogen-bond acceptors (Lipinski definition) is 10. The summed E-state index contributed by atoms with van der Waals surface area (Å²) in [6, 6.07) is 12.7. The van der Waals surface area contributed by atoms with Gasteiger partial charge in [-0.25, -0.2) is 14.8 Å². The molecule has 1 fully saturated rings. The molecule has 1 saturated heterocycles. The van der Waals surface area contributed by atoms with E-state index in [2.05, 4.69) is 20.3 Å². The Balaban J connectivity index is 1.39. The molecule has 2 amide bonds. The summed E-state index contributed by atoms with van der Waals surface area (Å²) in [4.78, 5) is 37.2. The van der Waals surface area contributed by atoms with E-state index in [1.54, 1.807) is 48.3 Å². The third kappa shape index (κ3) is 5.89. The molecule has 0 radical (unpaired) electrons. The van der Waals surface area contributed by atoms with Gasteiger partial charge >= 0.3 is 6.09 Å². The highest BCUT2D eigenvalue weighted by atomic mass is 32.1. The zero-order valence-corrected chi connectivity index (χ0v) is 24.7. The highest BCUT2D eigenvalue weighted by Gasteiger charge is 2.38. The number of ether oxygens (including phenoxy) is 1. The minimum Gasteiger partial charge on any atom is -0.433 e. The lowest BCUT2D eigenvalue weighted by Gasteiger charge is -2.25. The first-order chi connectivity index (χ1) is 20.7. The minimum absolute atomic E-state index is 0.0466. The molecule has 0 spiro atoms. The summed E-state index contributed by atoms with van der Waals surface area (Å²) >= 11 is 1.57. The largest absolute Gasteiger partial charge is 0.433 e. The van der Waals surface area contributed by atoms with E-state index in [1.807, 2.05) is 53.7 Å². The number of rotatable bonds is 8. The first-order valence-electron chi connectivity index (χ1n) is 13.8. The third-order valence-corrected chi connectivity index (χ3v) is 8.38. The van der Waals surface area contributed by atoms with Crippen LogP contribution in [0.5, 0.6) is 0 Å². The van der Waals surface area contributed by atoms with E-state index < -0.39 is 11.7 Å². The van der Waals surface area contributed by atoms with Gasteiger partial charge in [-0.2, -0.15) is 5.10 Å². The summed E-state index contributed by atoms with van der Waals surface area (Å²) in [7, 11) is 1.81. The first-order valence-corrected chi connectivity index (χ1v) is 14.7. The van der Waals surface area contributed by atoms with Crippen LogP contribution < -0.4 is 5.73 Å².